The molecule has 0 fully saturated rings. The molecule has 1 nitrogen and oxygen atoms in total. The first kappa shape index (κ1) is 11.5. The van der Waals surface area contributed by atoms with Gasteiger partial charge in [0.2, 0.25) is 0 Å². The Kier molecular flexibility index (Phi) is 3.52. The van der Waals surface area contributed by atoms with Gasteiger partial charge in [-0.2, -0.15) is 0 Å². The molecule has 0 bridgehead atoms. The van der Waals surface area contributed by atoms with Crippen molar-refractivity contribution in [3.8, 4) is 0 Å². The van der Waals surface area contributed by atoms with Gasteiger partial charge < -0.3 is 0 Å². The van der Waals surface area contributed by atoms with E-state index in [0.29, 0.717) is 5.15 Å². The molecule has 1 aromatic carbocycles. The number of rotatable bonds is 2. The molecule has 16 heavy (non-hydrogen) atoms. The average Bonchev–Trinajstić information content (AvgIpc) is 2.22. The van der Waals surface area contributed by atoms with Gasteiger partial charge in [-0.1, -0.05) is 47.1 Å². The van der Waals surface area contributed by atoms with Crippen LogP contribution in [0.15, 0.2) is 46.3 Å². The highest BCUT2D eigenvalue weighted by Crippen LogP contribution is 2.29. The van der Waals surface area contributed by atoms with E-state index in [2.05, 4.69) is 37.0 Å². The molecule has 2 aromatic rings. The topological polar surface area (TPSA) is 12.9 Å². The molecule has 0 aliphatic heterocycles. The van der Waals surface area contributed by atoms with Crippen molar-refractivity contribution in [3.05, 3.63) is 52.7 Å². The molecule has 0 amide bonds. The number of halogens is 1. The van der Waals surface area contributed by atoms with Gasteiger partial charge in [-0.05, 0) is 37.6 Å². The maximum absolute atomic E-state index is 5.85. The zero-order valence-corrected chi connectivity index (χ0v) is 10.8. The monoisotopic (exact) mass is 249 g/mol. The third kappa shape index (κ3) is 2.77. The van der Waals surface area contributed by atoms with Crippen LogP contribution in [0.4, 0.5) is 0 Å². The Morgan fingerprint density at radius 1 is 1.12 bits per heavy atom. The summed E-state index contributed by atoms with van der Waals surface area (Å²) >= 11 is 7.49. The largest absolute Gasteiger partial charge is 0.229 e. The van der Waals surface area contributed by atoms with Gasteiger partial charge in [0.15, 0.2) is 0 Å². The van der Waals surface area contributed by atoms with Crippen molar-refractivity contribution >= 4 is 23.4 Å². The van der Waals surface area contributed by atoms with Crippen molar-refractivity contribution in [3.63, 3.8) is 0 Å². The third-order valence-corrected chi connectivity index (χ3v) is 3.56. The van der Waals surface area contributed by atoms with Crippen LogP contribution in [-0.4, -0.2) is 4.98 Å². The number of aryl methyl sites for hydroxylation is 2. The molecule has 0 saturated heterocycles. The van der Waals surface area contributed by atoms with Crippen molar-refractivity contribution in [1.29, 1.82) is 0 Å². The van der Waals surface area contributed by atoms with Crippen LogP contribution in [0.3, 0.4) is 0 Å². The third-order valence-electron chi connectivity index (χ3n) is 2.23. The second-order valence-electron chi connectivity index (χ2n) is 3.67. The number of pyridine rings is 1. The minimum Gasteiger partial charge on any atom is -0.229 e. The van der Waals surface area contributed by atoms with Gasteiger partial charge >= 0.3 is 0 Å². The minimum atomic E-state index is 0.537. The molecule has 0 saturated carbocycles. The summed E-state index contributed by atoms with van der Waals surface area (Å²) in [6, 6.07) is 12.1. The molecule has 3 heteroatoms. The zero-order chi connectivity index (χ0) is 11.5. The molecule has 1 heterocycles. The first-order valence-corrected chi connectivity index (χ1v) is 6.22. The lowest BCUT2D eigenvalue weighted by Gasteiger charge is -2.05. The van der Waals surface area contributed by atoms with Gasteiger partial charge in [0, 0.05) is 4.90 Å². The zero-order valence-electron chi connectivity index (χ0n) is 9.20. The van der Waals surface area contributed by atoms with Crippen LogP contribution in [0.1, 0.15) is 11.1 Å². The molecule has 1 aromatic heterocycles. The van der Waals surface area contributed by atoms with Crippen LogP contribution in [0.5, 0.6) is 0 Å². The molecule has 0 spiro atoms. The summed E-state index contributed by atoms with van der Waals surface area (Å²) in [5.74, 6) is 0. The van der Waals surface area contributed by atoms with Crippen molar-refractivity contribution in [2.75, 3.05) is 0 Å². The van der Waals surface area contributed by atoms with E-state index in [4.69, 9.17) is 11.6 Å². The van der Waals surface area contributed by atoms with E-state index in [9.17, 15) is 0 Å². The molecular formula is C13H12ClNS. The van der Waals surface area contributed by atoms with Gasteiger partial charge in [-0.3, -0.25) is 0 Å². The standard InChI is InChI=1S/C13H12ClNS/c1-9-6-7-11(10(2)8-9)16-13-5-3-4-12(14)15-13/h3-8H,1-2H3. The molecule has 82 valence electrons. The summed E-state index contributed by atoms with van der Waals surface area (Å²) in [5.41, 5.74) is 2.55. The first-order valence-electron chi connectivity index (χ1n) is 5.03. The Labute approximate surface area is 105 Å². The highest BCUT2D eigenvalue weighted by Gasteiger charge is 2.02. The summed E-state index contributed by atoms with van der Waals surface area (Å²) in [6.45, 7) is 4.21. The number of hydrogen-bond acceptors (Lipinski definition) is 2. The molecule has 0 atom stereocenters. The molecule has 2 rings (SSSR count). The normalized spacial score (nSPS) is 10.4. The van der Waals surface area contributed by atoms with Gasteiger partial charge in [0.25, 0.3) is 0 Å². The number of benzene rings is 1. The Morgan fingerprint density at radius 3 is 2.62 bits per heavy atom. The predicted molar refractivity (Wildman–Crippen MR) is 69.3 cm³/mol. The summed E-state index contributed by atoms with van der Waals surface area (Å²) in [7, 11) is 0. The smallest absolute Gasteiger partial charge is 0.130 e. The SMILES string of the molecule is Cc1ccc(Sc2cccc(Cl)n2)c(C)c1. The molecule has 0 aliphatic carbocycles. The number of nitrogens with zero attached hydrogens (tertiary/aromatic N) is 1. The predicted octanol–water partition coefficient (Wildman–Crippen LogP) is 4.50. The van der Waals surface area contributed by atoms with Crippen LogP contribution in [-0.2, 0) is 0 Å². The second kappa shape index (κ2) is 4.89. The Hall–Kier alpha value is -0.990. The number of hydrogen-bond donors (Lipinski definition) is 0. The van der Waals surface area contributed by atoms with E-state index in [1.165, 1.54) is 16.0 Å². The maximum atomic E-state index is 5.85. The van der Waals surface area contributed by atoms with E-state index >= 15 is 0 Å². The Balaban J connectivity index is 2.27. The molecule has 0 N–H and O–H groups in total. The Bertz CT molecular complexity index is 511. The van der Waals surface area contributed by atoms with Gasteiger partial charge in [0.05, 0.1) is 0 Å². The van der Waals surface area contributed by atoms with Crippen LogP contribution in [0.2, 0.25) is 5.15 Å². The van der Waals surface area contributed by atoms with E-state index < -0.39 is 0 Å². The van der Waals surface area contributed by atoms with Crippen molar-refractivity contribution in [2.24, 2.45) is 0 Å². The summed E-state index contributed by atoms with van der Waals surface area (Å²) in [6.07, 6.45) is 0. The lowest BCUT2D eigenvalue weighted by molar-refractivity contribution is 1.13. The lowest BCUT2D eigenvalue weighted by atomic mass is 10.2. The van der Waals surface area contributed by atoms with Crippen molar-refractivity contribution in [2.45, 2.75) is 23.8 Å². The van der Waals surface area contributed by atoms with Gasteiger partial charge in [-0.15, -0.1) is 0 Å². The molecular weight excluding hydrogens is 238 g/mol. The highest BCUT2D eigenvalue weighted by atomic mass is 35.5. The highest BCUT2D eigenvalue weighted by molar-refractivity contribution is 7.99. The fraction of sp³-hybridized carbons (Fsp3) is 0.154. The second-order valence-corrected chi connectivity index (χ2v) is 5.12. The maximum Gasteiger partial charge on any atom is 0.130 e. The fourth-order valence-electron chi connectivity index (χ4n) is 1.47. The van der Waals surface area contributed by atoms with E-state index in [1.807, 2.05) is 12.1 Å². The average molecular weight is 250 g/mol. The van der Waals surface area contributed by atoms with Crippen molar-refractivity contribution < 1.29 is 0 Å². The van der Waals surface area contributed by atoms with Gasteiger partial charge in [-0.25, -0.2) is 4.98 Å². The summed E-state index contributed by atoms with van der Waals surface area (Å²) in [5, 5.41) is 1.47. The number of aromatic nitrogens is 1. The fourth-order valence-corrected chi connectivity index (χ4v) is 2.56. The van der Waals surface area contributed by atoms with E-state index in [0.717, 1.165) is 5.03 Å². The van der Waals surface area contributed by atoms with Crippen LogP contribution in [0, 0.1) is 13.8 Å². The Morgan fingerprint density at radius 2 is 1.94 bits per heavy atom. The van der Waals surface area contributed by atoms with Crippen molar-refractivity contribution in [1.82, 2.24) is 4.98 Å². The van der Waals surface area contributed by atoms with Crippen LogP contribution < -0.4 is 0 Å². The lowest BCUT2D eigenvalue weighted by Crippen LogP contribution is -1.84. The van der Waals surface area contributed by atoms with Gasteiger partial charge in [0.1, 0.15) is 10.2 Å². The summed E-state index contributed by atoms with van der Waals surface area (Å²) < 4.78 is 0. The molecule has 0 aliphatic rings. The van der Waals surface area contributed by atoms with Crippen LogP contribution >= 0.6 is 23.4 Å². The molecule has 0 radical (unpaired) electrons. The first-order chi connectivity index (χ1) is 7.65. The molecule has 0 unspecified atom stereocenters. The minimum absolute atomic E-state index is 0.537. The summed E-state index contributed by atoms with van der Waals surface area (Å²) in [4.78, 5) is 5.48. The van der Waals surface area contributed by atoms with Crippen LogP contribution in [0.25, 0.3) is 0 Å². The van der Waals surface area contributed by atoms with E-state index in [1.54, 1.807) is 17.8 Å². The quantitative estimate of drug-likeness (QED) is 0.727. The van der Waals surface area contributed by atoms with E-state index in [-0.39, 0.29) is 0 Å².